The van der Waals surface area contributed by atoms with Gasteiger partial charge in [0.25, 0.3) is 0 Å². The van der Waals surface area contributed by atoms with Crippen molar-refractivity contribution in [1.29, 1.82) is 0 Å². The molecule has 0 spiro atoms. The number of carbonyl (C=O) groups excluding carboxylic acids is 1. The molecule has 0 radical (unpaired) electrons. The van der Waals surface area contributed by atoms with Gasteiger partial charge in [-0.2, -0.15) is 0 Å². The first-order valence-corrected chi connectivity index (χ1v) is 6.38. The van der Waals surface area contributed by atoms with Gasteiger partial charge >= 0.3 is 0 Å². The van der Waals surface area contributed by atoms with E-state index < -0.39 is 23.6 Å². The molecule has 0 aliphatic heterocycles. The summed E-state index contributed by atoms with van der Waals surface area (Å²) in [6.07, 6.45) is 2.99. The van der Waals surface area contributed by atoms with Crippen molar-refractivity contribution in [3.63, 3.8) is 0 Å². The van der Waals surface area contributed by atoms with E-state index in [-0.39, 0.29) is 5.56 Å². The minimum atomic E-state index is -1.19. The standard InChI is InChI=1S/C13H10BrF2N3O/c14-7-3-9(6-18-5-7)19-12(13(17)20)10-4-8(15)1-2-11(10)16/h1-6,12,19H,(H2,17,20)/t12-/m0/s1. The molecule has 0 fully saturated rings. The van der Waals surface area contributed by atoms with Crippen molar-refractivity contribution in [2.24, 2.45) is 5.73 Å². The van der Waals surface area contributed by atoms with E-state index in [0.717, 1.165) is 18.2 Å². The minimum Gasteiger partial charge on any atom is -0.369 e. The lowest BCUT2D eigenvalue weighted by molar-refractivity contribution is -0.118. The van der Waals surface area contributed by atoms with Gasteiger partial charge in [-0.3, -0.25) is 9.78 Å². The molecule has 0 saturated heterocycles. The lowest BCUT2D eigenvalue weighted by Gasteiger charge is -2.17. The van der Waals surface area contributed by atoms with Crippen LogP contribution in [0.25, 0.3) is 0 Å². The summed E-state index contributed by atoms with van der Waals surface area (Å²) in [5.74, 6) is -2.19. The van der Waals surface area contributed by atoms with Crippen molar-refractivity contribution in [2.45, 2.75) is 6.04 Å². The zero-order valence-electron chi connectivity index (χ0n) is 10.1. The molecule has 2 rings (SSSR count). The van der Waals surface area contributed by atoms with Crippen molar-refractivity contribution in [3.8, 4) is 0 Å². The van der Waals surface area contributed by atoms with Crippen molar-refractivity contribution in [3.05, 3.63) is 58.3 Å². The summed E-state index contributed by atoms with van der Waals surface area (Å²) in [7, 11) is 0. The Bertz CT molecular complexity index is 651. The zero-order chi connectivity index (χ0) is 14.7. The van der Waals surface area contributed by atoms with E-state index in [9.17, 15) is 13.6 Å². The van der Waals surface area contributed by atoms with Crippen LogP contribution in [0.3, 0.4) is 0 Å². The Morgan fingerprint density at radius 2 is 2.05 bits per heavy atom. The molecule has 7 heteroatoms. The largest absolute Gasteiger partial charge is 0.369 e. The molecule has 0 aliphatic carbocycles. The highest BCUT2D eigenvalue weighted by Gasteiger charge is 2.22. The Labute approximate surface area is 122 Å². The van der Waals surface area contributed by atoms with E-state index in [0.29, 0.717) is 10.2 Å². The zero-order valence-corrected chi connectivity index (χ0v) is 11.7. The van der Waals surface area contributed by atoms with Gasteiger partial charge in [0.2, 0.25) is 5.91 Å². The molecule has 20 heavy (non-hydrogen) atoms. The number of primary amides is 1. The van der Waals surface area contributed by atoms with Crippen molar-refractivity contribution in [1.82, 2.24) is 4.98 Å². The molecule has 1 atom stereocenters. The highest BCUT2D eigenvalue weighted by Crippen LogP contribution is 2.24. The smallest absolute Gasteiger partial charge is 0.244 e. The van der Waals surface area contributed by atoms with Crippen LogP contribution in [0.4, 0.5) is 14.5 Å². The molecule has 0 unspecified atom stereocenters. The predicted molar refractivity (Wildman–Crippen MR) is 73.9 cm³/mol. The second kappa shape index (κ2) is 5.96. The molecular formula is C13H10BrF2N3O. The number of carbonyl (C=O) groups is 1. The van der Waals surface area contributed by atoms with E-state index in [1.54, 1.807) is 12.3 Å². The number of amides is 1. The maximum Gasteiger partial charge on any atom is 0.244 e. The number of nitrogens with one attached hydrogen (secondary N) is 1. The second-order valence-corrected chi connectivity index (χ2v) is 4.95. The first kappa shape index (κ1) is 14.4. The molecule has 1 amide bonds. The maximum absolute atomic E-state index is 13.7. The molecule has 1 aromatic carbocycles. The molecule has 1 heterocycles. The fraction of sp³-hybridized carbons (Fsp3) is 0.0769. The summed E-state index contributed by atoms with van der Waals surface area (Å²) in [6, 6.07) is 3.30. The number of hydrogen-bond acceptors (Lipinski definition) is 3. The number of benzene rings is 1. The molecule has 0 aliphatic rings. The molecule has 0 bridgehead atoms. The van der Waals surface area contributed by atoms with Crippen LogP contribution in [0, 0.1) is 11.6 Å². The number of halogens is 3. The second-order valence-electron chi connectivity index (χ2n) is 4.04. The fourth-order valence-electron chi connectivity index (χ4n) is 1.70. The Hall–Kier alpha value is -2.02. The normalized spacial score (nSPS) is 11.9. The average Bonchev–Trinajstić information content (AvgIpc) is 2.39. The van der Waals surface area contributed by atoms with Crippen molar-refractivity contribution in [2.75, 3.05) is 5.32 Å². The number of hydrogen-bond donors (Lipinski definition) is 2. The van der Waals surface area contributed by atoms with Gasteiger partial charge in [0, 0.05) is 16.2 Å². The van der Waals surface area contributed by atoms with Crippen molar-refractivity contribution < 1.29 is 13.6 Å². The van der Waals surface area contributed by atoms with Gasteiger partial charge in [0.1, 0.15) is 17.7 Å². The first-order valence-electron chi connectivity index (χ1n) is 5.58. The quantitative estimate of drug-likeness (QED) is 0.898. The van der Waals surface area contributed by atoms with Gasteiger partial charge in [-0.05, 0) is 40.2 Å². The van der Waals surface area contributed by atoms with Crippen LogP contribution in [-0.4, -0.2) is 10.9 Å². The van der Waals surface area contributed by atoms with Gasteiger partial charge in [-0.1, -0.05) is 0 Å². The third kappa shape index (κ3) is 3.30. The lowest BCUT2D eigenvalue weighted by Crippen LogP contribution is -2.28. The SMILES string of the molecule is NC(=O)[C@@H](Nc1cncc(Br)c1)c1cc(F)ccc1F. The van der Waals surface area contributed by atoms with E-state index in [2.05, 4.69) is 26.2 Å². The van der Waals surface area contributed by atoms with Gasteiger partial charge in [-0.25, -0.2) is 8.78 Å². The van der Waals surface area contributed by atoms with Crippen LogP contribution in [0.15, 0.2) is 41.1 Å². The highest BCUT2D eigenvalue weighted by atomic mass is 79.9. The third-order valence-corrected chi connectivity index (χ3v) is 3.00. The maximum atomic E-state index is 13.7. The minimum absolute atomic E-state index is 0.155. The Balaban J connectivity index is 2.37. The number of rotatable bonds is 4. The molecule has 0 saturated carbocycles. The summed E-state index contributed by atoms with van der Waals surface area (Å²) in [5, 5.41) is 2.73. The van der Waals surface area contributed by atoms with Gasteiger partial charge in [0.15, 0.2) is 0 Å². The number of anilines is 1. The van der Waals surface area contributed by atoms with E-state index >= 15 is 0 Å². The molecule has 104 valence electrons. The van der Waals surface area contributed by atoms with Gasteiger partial charge in [-0.15, -0.1) is 0 Å². The number of pyridine rings is 1. The number of nitrogens with two attached hydrogens (primary N) is 1. The van der Waals surface area contributed by atoms with Crippen molar-refractivity contribution >= 4 is 27.5 Å². The Kier molecular flexibility index (Phi) is 4.29. The number of nitrogens with zero attached hydrogens (tertiary/aromatic N) is 1. The molecule has 1 aromatic heterocycles. The average molecular weight is 342 g/mol. The van der Waals surface area contributed by atoms with Crippen LogP contribution in [0.5, 0.6) is 0 Å². The van der Waals surface area contributed by atoms with Crippen LogP contribution in [-0.2, 0) is 4.79 Å². The Morgan fingerprint density at radius 1 is 1.30 bits per heavy atom. The predicted octanol–water partition coefficient (Wildman–Crippen LogP) is 2.76. The van der Waals surface area contributed by atoms with Crippen LogP contribution >= 0.6 is 15.9 Å². The Morgan fingerprint density at radius 3 is 2.70 bits per heavy atom. The molecular weight excluding hydrogens is 332 g/mol. The lowest BCUT2D eigenvalue weighted by atomic mass is 10.1. The van der Waals surface area contributed by atoms with Crippen LogP contribution in [0.2, 0.25) is 0 Å². The monoisotopic (exact) mass is 341 g/mol. The summed E-state index contributed by atoms with van der Waals surface area (Å²) in [6.45, 7) is 0. The summed E-state index contributed by atoms with van der Waals surface area (Å²) in [5.41, 5.74) is 5.55. The number of aromatic nitrogens is 1. The van der Waals surface area contributed by atoms with Gasteiger partial charge in [0.05, 0.1) is 11.9 Å². The summed E-state index contributed by atoms with van der Waals surface area (Å²) < 4.78 is 27.6. The van der Waals surface area contributed by atoms with E-state index in [1.807, 2.05) is 0 Å². The summed E-state index contributed by atoms with van der Waals surface area (Å²) in [4.78, 5) is 15.4. The topological polar surface area (TPSA) is 68.0 Å². The summed E-state index contributed by atoms with van der Waals surface area (Å²) >= 11 is 3.22. The van der Waals surface area contributed by atoms with Gasteiger partial charge < -0.3 is 11.1 Å². The molecule has 3 N–H and O–H groups in total. The highest BCUT2D eigenvalue weighted by molar-refractivity contribution is 9.10. The van der Waals surface area contributed by atoms with E-state index in [1.165, 1.54) is 6.20 Å². The molecule has 4 nitrogen and oxygen atoms in total. The fourth-order valence-corrected chi connectivity index (χ4v) is 2.06. The van der Waals surface area contributed by atoms with E-state index in [4.69, 9.17) is 5.73 Å². The first-order chi connectivity index (χ1) is 9.47. The third-order valence-electron chi connectivity index (χ3n) is 2.57. The van der Waals surface area contributed by atoms with Crippen LogP contribution < -0.4 is 11.1 Å². The molecule has 2 aromatic rings. The van der Waals surface area contributed by atoms with Crippen LogP contribution in [0.1, 0.15) is 11.6 Å².